The van der Waals surface area contributed by atoms with Gasteiger partial charge in [0.25, 0.3) is 0 Å². The van der Waals surface area contributed by atoms with Crippen molar-refractivity contribution >= 4 is 10.0 Å². The smallest absolute Gasteiger partial charge is 0.240 e. The maximum atomic E-state index is 11.8. The van der Waals surface area contributed by atoms with Gasteiger partial charge in [-0.1, -0.05) is 12.1 Å². The molecule has 7 nitrogen and oxygen atoms in total. The molecule has 1 aliphatic heterocycles. The average Bonchev–Trinajstić information content (AvgIpc) is 2.88. The van der Waals surface area contributed by atoms with Crippen molar-refractivity contribution in [3.8, 4) is 0 Å². The molecule has 0 unspecified atom stereocenters. The molecule has 0 bridgehead atoms. The second-order valence-corrected chi connectivity index (χ2v) is 7.81. The van der Waals surface area contributed by atoms with Crippen molar-refractivity contribution in [2.75, 3.05) is 13.6 Å². The third-order valence-corrected chi connectivity index (χ3v) is 5.64. The summed E-state index contributed by atoms with van der Waals surface area (Å²) in [5.74, 6) is 0. The van der Waals surface area contributed by atoms with E-state index in [9.17, 15) is 13.5 Å². The van der Waals surface area contributed by atoms with Gasteiger partial charge in [-0.3, -0.25) is 9.58 Å². The summed E-state index contributed by atoms with van der Waals surface area (Å²) < 4.78 is 27.8. The maximum Gasteiger partial charge on any atom is 0.240 e. The van der Waals surface area contributed by atoms with Crippen LogP contribution >= 0.6 is 0 Å². The number of benzene rings is 1. The number of nitrogens with zero attached hydrogens (tertiary/aromatic N) is 3. The van der Waals surface area contributed by atoms with Gasteiger partial charge in [-0.05, 0) is 37.2 Å². The Bertz CT molecular complexity index is 799. The molecule has 2 N–H and O–H groups in total. The van der Waals surface area contributed by atoms with Crippen molar-refractivity contribution in [3.05, 3.63) is 47.3 Å². The molecule has 0 radical (unpaired) electrons. The van der Waals surface area contributed by atoms with Crippen molar-refractivity contribution < 1.29 is 13.5 Å². The molecular weight excluding hydrogens is 328 g/mol. The second-order valence-electron chi connectivity index (χ2n) is 5.92. The highest BCUT2D eigenvalue weighted by Gasteiger charge is 2.17. The summed E-state index contributed by atoms with van der Waals surface area (Å²) in [5, 5.41) is 13.6. The largest absolute Gasteiger partial charge is 0.390 e. The van der Waals surface area contributed by atoms with Crippen LogP contribution in [0.2, 0.25) is 0 Å². The average molecular weight is 350 g/mol. The number of sulfonamides is 1. The number of rotatable bonds is 5. The van der Waals surface area contributed by atoms with Crippen LogP contribution in [0.25, 0.3) is 0 Å². The maximum absolute atomic E-state index is 11.8. The van der Waals surface area contributed by atoms with Crippen LogP contribution in [0.1, 0.15) is 23.4 Å². The fourth-order valence-corrected chi connectivity index (χ4v) is 3.68. The Labute approximate surface area is 142 Å². The first kappa shape index (κ1) is 17.1. The highest BCUT2D eigenvalue weighted by molar-refractivity contribution is 7.89. The predicted molar refractivity (Wildman–Crippen MR) is 89.6 cm³/mol. The molecule has 0 atom stereocenters. The lowest BCUT2D eigenvalue weighted by Crippen LogP contribution is -2.23. The molecule has 0 saturated carbocycles. The highest BCUT2D eigenvalue weighted by Crippen LogP contribution is 2.17. The summed E-state index contributed by atoms with van der Waals surface area (Å²) >= 11 is 0. The number of nitrogens with one attached hydrogen (secondary N) is 1. The second kappa shape index (κ2) is 7.02. The minimum atomic E-state index is -3.39. The monoisotopic (exact) mass is 350 g/mol. The van der Waals surface area contributed by atoms with Crippen LogP contribution in [0, 0.1) is 0 Å². The molecular formula is C16H22N4O3S. The Hall–Kier alpha value is -1.74. The fourth-order valence-electron chi connectivity index (χ4n) is 2.95. The van der Waals surface area contributed by atoms with Crippen molar-refractivity contribution in [1.29, 1.82) is 0 Å². The van der Waals surface area contributed by atoms with Crippen LogP contribution in [0.5, 0.6) is 0 Å². The first-order valence-corrected chi connectivity index (χ1v) is 9.41. The third-order valence-electron chi connectivity index (χ3n) is 4.21. The highest BCUT2D eigenvalue weighted by atomic mass is 32.2. The van der Waals surface area contributed by atoms with E-state index in [2.05, 4.69) is 14.7 Å². The van der Waals surface area contributed by atoms with E-state index in [4.69, 9.17) is 0 Å². The molecule has 130 valence electrons. The molecule has 1 aliphatic rings. The Kier molecular flexibility index (Phi) is 5.00. The van der Waals surface area contributed by atoms with E-state index in [1.807, 2.05) is 22.9 Å². The normalized spacial score (nSPS) is 15.9. The number of hydrogen-bond acceptors (Lipinski definition) is 5. The molecule has 0 fully saturated rings. The number of fused-ring (bicyclic) bond motifs is 1. The van der Waals surface area contributed by atoms with E-state index in [0.717, 1.165) is 43.9 Å². The molecule has 1 aromatic carbocycles. The summed E-state index contributed by atoms with van der Waals surface area (Å²) in [6, 6.07) is 8.91. The topological polar surface area (TPSA) is 87.5 Å². The summed E-state index contributed by atoms with van der Waals surface area (Å²) in [4.78, 5) is 2.58. The Morgan fingerprint density at radius 2 is 2.00 bits per heavy atom. The van der Waals surface area contributed by atoms with Gasteiger partial charge >= 0.3 is 0 Å². The van der Waals surface area contributed by atoms with Crippen LogP contribution in [-0.4, -0.2) is 41.8 Å². The number of aryl methyl sites for hydroxylation is 1. The van der Waals surface area contributed by atoms with Gasteiger partial charge in [0.2, 0.25) is 10.0 Å². The number of hydrogen-bond donors (Lipinski definition) is 2. The van der Waals surface area contributed by atoms with Crippen LogP contribution < -0.4 is 4.72 Å². The van der Waals surface area contributed by atoms with Crippen molar-refractivity contribution in [2.24, 2.45) is 0 Å². The van der Waals surface area contributed by atoms with E-state index in [1.54, 1.807) is 12.1 Å². The van der Waals surface area contributed by atoms with Gasteiger partial charge in [0, 0.05) is 26.2 Å². The van der Waals surface area contributed by atoms with Crippen LogP contribution in [0.3, 0.4) is 0 Å². The van der Waals surface area contributed by atoms with Gasteiger partial charge in [-0.25, -0.2) is 13.1 Å². The van der Waals surface area contributed by atoms with Gasteiger partial charge in [0.15, 0.2) is 0 Å². The standard InChI is InChI=1S/C16H22N4O3S/c1-17-24(22,23)16-5-3-13(4-6-16)10-19-7-2-8-20-15(11-19)9-14(12-21)18-20/h3-6,9,17,21H,2,7-8,10-12H2,1H3. The number of aliphatic hydroxyl groups excluding tert-OH is 1. The van der Waals surface area contributed by atoms with Crippen LogP contribution in [0.4, 0.5) is 0 Å². The summed E-state index contributed by atoms with van der Waals surface area (Å²) in [5.41, 5.74) is 2.87. The van der Waals surface area contributed by atoms with E-state index in [0.29, 0.717) is 5.69 Å². The minimum absolute atomic E-state index is 0.0403. The minimum Gasteiger partial charge on any atom is -0.390 e. The molecule has 2 aromatic rings. The van der Waals surface area contributed by atoms with Gasteiger partial charge in [-0.15, -0.1) is 0 Å². The molecule has 8 heteroatoms. The molecule has 0 saturated heterocycles. The number of aromatic nitrogens is 2. The lowest BCUT2D eigenvalue weighted by atomic mass is 10.2. The van der Waals surface area contributed by atoms with Crippen LogP contribution in [-0.2, 0) is 36.3 Å². The lowest BCUT2D eigenvalue weighted by Gasteiger charge is -2.19. The van der Waals surface area contributed by atoms with Gasteiger partial charge in [0.05, 0.1) is 22.9 Å². The number of aliphatic hydroxyl groups is 1. The van der Waals surface area contributed by atoms with Crippen molar-refractivity contribution in [2.45, 2.75) is 37.6 Å². The Morgan fingerprint density at radius 1 is 1.25 bits per heavy atom. The predicted octanol–water partition coefficient (Wildman–Crippen LogP) is 0.689. The fraction of sp³-hybridized carbons (Fsp3) is 0.438. The van der Waals surface area contributed by atoms with Crippen molar-refractivity contribution in [3.63, 3.8) is 0 Å². The molecule has 24 heavy (non-hydrogen) atoms. The molecule has 0 amide bonds. The summed E-state index contributed by atoms with van der Waals surface area (Å²) in [6.45, 7) is 3.28. The van der Waals surface area contributed by atoms with Crippen molar-refractivity contribution in [1.82, 2.24) is 19.4 Å². The Morgan fingerprint density at radius 3 is 2.67 bits per heavy atom. The summed E-state index contributed by atoms with van der Waals surface area (Å²) in [6.07, 6.45) is 0.992. The zero-order chi connectivity index (χ0) is 17.2. The quantitative estimate of drug-likeness (QED) is 0.828. The van der Waals surface area contributed by atoms with E-state index >= 15 is 0 Å². The summed E-state index contributed by atoms with van der Waals surface area (Å²) in [7, 11) is -1.99. The first-order chi connectivity index (χ1) is 11.5. The van der Waals surface area contributed by atoms with Gasteiger partial charge in [-0.2, -0.15) is 5.10 Å². The molecule has 1 aromatic heterocycles. The molecule has 2 heterocycles. The third kappa shape index (κ3) is 3.67. The molecule has 3 rings (SSSR count). The Balaban J connectivity index is 1.71. The van der Waals surface area contributed by atoms with E-state index in [-0.39, 0.29) is 11.5 Å². The lowest BCUT2D eigenvalue weighted by molar-refractivity contribution is 0.260. The SMILES string of the molecule is CNS(=O)(=O)c1ccc(CN2CCCn3nc(CO)cc3C2)cc1. The molecule has 0 aliphatic carbocycles. The van der Waals surface area contributed by atoms with E-state index < -0.39 is 10.0 Å². The van der Waals surface area contributed by atoms with E-state index in [1.165, 1.54) is 7.05 Å². The first-order valence-electron chi connectivity index (χ1n) is 7.93. The molecule has 0 spiro atoms. The zero-order valence-corrected chi connectivity index (χ0v) is 14.5. The van der Waals surface area contributed by atoms with Crippen LogP contribution in [0.15, 0.2) is 35.2 Å². The van der Waals surface area contributed by atoms with Gasteiger partial charge < -0.3 is 5.11 Å². The zero-order valence-electron chi connectivity index (χ0n) is 13.6. The van der Waals surface area contributed by atoms with Gasteiger partial charge in [0.1, 0.15) is 0 Å².